The molecule has 0 N–H and O–H groups in total. The molecule has 6 heteroatoms. The first kappa shape index (κ1) is 12.9. The van der Waals surface area contributed by atoms with Crippen molar-refractivity contribution in [3.05, 3.63) is 40.4 Å². The van der Waals surface area contributed by atoms with Crippen molar-refractivity contribution in [1.29, 1.82) is 0 Å². The van der Waals surface area contributed by atoms with Crippen LogP contribution >= 0.6 is 23.4 Å². The first-order valence-corrected chi connectivity index (χ1v) is 7.47. The lowest BCUT2D eigenvalue weighted by Crippen LogP contribution is -1.97. The first-order chi connectivity index (χ1) is 9.15. The van der Waals surface area contributed by atoms with Crippen molar-refractivity contribution in [2.45, 2.75) is 29.7 Å². The zero-order chi connectivity index (χ0) is 13.4. The van der Waals surface area contributed by atoms with Crippen LogP contribution in [-0.4, -0.2) is 14.8 Å². The molecule has 0 spiro atoms. The van der Waals surface area contributed by atoms with Crippen molar-refractivity contribution in [3.8, 4) is 0 Å². The Hall–Kier alpha value is -1.07. The molecule has 0 saturated heterocycles. The number of benzene rings is 1. The van der Waals surface area contributed by atoms with E-state index in [0.717, 1.165) is 16.5 Å². The Balaban J connectivity index is 1.71. The van der Waals surface area contributed by atoms with Crippen molar-refractivity contribution in [2.24, 2.45) is 7.05 Å². The molecule has 1 aliphatic carbocycles. The molecule has 0 bridgehead atoms. The van der Waals surface area contributed by atoms with Gasteiger partial charge in [0, 0.05) is 23.7 Å². The average Bonchev–Trinajstić information content (AvgIpc) is 3.14. The van der Waals surface area contributed by atoms with Crippen LogP contribution in [0.25, 0.3) is 0 Å². The van der Waals surface area contributed by atoms with Crippen molar-refractivity contribution < 1.29 is 4.39 Å². The van der Waals surface area contributed by atoms with Crippen LogP contribution in [0.15, 0.2) is 23.4 Å². The van der Waals surface area contributed by atoms with Crippen LogP contribution in [0.5, 0.6) is 0 Å². The Morgan fingerprint density at radius 2 is 2.21 bits per heavy atom. The average molecular weight is 298 g/mol. The minimum atomic E-state index is -0.312. The van der Waals surface area contributed by atoms with Crippen molar-refractivity contribution >= 4 is 23.4 Å². The molecule has 1 aromatic heterocycles. The lowest BCUT2D eigenvalue weighted by Gasteiger charge is -2.05. The normalized spacial score (nSPS) is 14.9. The number of halogens is 2. The van der Waals surface area contributed by atoms with Gasteiger partial charge in [-0.3, -0.25) is 0 Å². The lowest BCUT2D eigenvalue weighted by molar-refractivity contribution is 0.627. The third-order valence-corrected chi connectivity index (χ3v) is 4.60. The molecule has 0 amide bonds. The molecule has 1 heterocycles. The highest BCUT2D eigenvalue weighted by molar-refractivity contribution is 7.98. The SMILES string of the molecule is Cn1c(SCc2ccc(F)cc2Cl)nnc1C1CC1. The van der Waals surface area contributed by atoms with Crippen molar-refractivity contribution in [1.82, 2.24) is 14.8 Å². The maximum absolute atomic E-state index is 13.0. The fourth-order valence-electron chi connectivity index (χ4n) is 1.93. The molecule has 100 valence electrons. The van der Waals surface area contributed by atoms with Crippen LogP contribution in [0.1, 0.15) is 30.1 Å². The van der Waals surface area contributed by atoms with E-state index in [0.29, 0.717) is 16.7 Å². The van der Waals surface area contributed by atoms with Gasteiger partial charge in [-0.2, -0.15) is 0 Å². The smallest absolute Gasteiger partial charge is 0.191 e. The molecule has 0 atom stereocenters. The predicted molar refractivity (Wildman–Crippen MR) is 73.9 cm³/mol. The van der Waals surface area contributed by atoms with Gasteiger partial charge in [0.15, 0.2) is 5.16 Å². The minimum absolute atomic E-state index is 0.312. The molecule has 3 rings (SSSR count). The van der Waals surface area contributed by atoms with Crippen LogP contribution in [0.3, 0.4) is 0 Å². The minimum Gasteiger partial charge on any atom is -0.309 e. The summed E-state index contributed by atoms with van der Waals surface area (Å²) in [6.07, 6.45) is 2.42. The standard InChI is InChI=1S/C13H13ClFN3S/c1-18-12(8-2-3-8)16-17-13(18)19-7-9-4-5-10(15)6-11(9)14/h4-6,8H,2-3,7H2,1H3. The summed E-state index contributed by atoms with van der Waals surface area (Å²) in [5.74, 6) is 2.00. The molecular formula is C13H13ClFN3S. The molecule has 0 unspecified atom stereocenters. The summed E-state index contributed by atoms with van der Waals surface area (Å²) >= 11 is 7.57. The van der Waals surface area contributed by atoms with Crippen molar-refractivity contribution in [2.75, 3.05) is 0 Å². The highest BCUT2D eigenvalue weighted by Gasteiger charge is 2.29. The monoisotopic (exact) mass is 297 g/mol. The fourth-order valence-corrected chi connectivity index (χ4v) is 3.17. The number of hydrogen-bond acceptors (Lipinski definition) is 3. The van der Waals surface area contributed by atoms with E-state index in [1.807, 2.05) is 11.6 Å². The number of aromatic nitrogens is 3. The Labute approximate surface area is 120 Å². The van der Waals surface area contributed by atoms with Gasteiger partial charge in [0.1, 0.15) is 11.6 Å². The van der Waals surface area contributed by atoms with Gasteiger partial charge in [0.2, 0.25) is 0 Å². The number of nitrogens with zero attached hydrogens (tertiary/aromatic N) is 3. The molecule has 0 aliphatic heterocycles. The zero-order valence-electron chi connectivity index (χ0n) is 10.4. The number of hydrogen-bond donors (Lipinski definition) is 0. The number of thioether (sulfide) groups is 1. The molecule has 3 nitrogen and oxygen atoms in total. The van der Waals surface area contributed by atoms with E-state index in [-0.39, 0.29) is 5.82 Å². The second-order valence-electron chi connectivity index (χ2n) is 4.70. The summed E-state index contributed by atoms with van der Waals surface area (Å²) < 4.78 is 15.0. The molecule has 0 radical (unpaired) electrons. The van der Waals surface area contributed by atoms with E-state index in [4.69, 9.17) is 11.6 Å². The van der Waals surface area contributed by atoms with Gasteiger partial charge in [0.05, 0.1) is 0 Å². The van der Waals surface area contributed by atoms with E-state index in [2.05, 4.69) is 10.2 Å². The summed E-state index contributed by atoms with van der Waals surface area (Å²) in [5.41, 5.74) is 0.907. The Bertz CT molecular complexity index is 610. The Kier molecular flexibility index (Phi) is 3.50. The zero-order valence-corrected chi connectivity index (χ0v) is 12.0. The summed E-state index contributed by atoms with van der Waals surface area (Å²) in [5, 5.41) is 9.76. The molecule has 19 heavy (non-hydrogen) atoms. The molecule has 1 aromatic carbocycles. The van der Waals surface area contributed by atoms with Crippen LogP contribution in [-0.2, 0) is 12.8 Å². The maximum atomic E-state index is 13.0. The largest absolute Gasteiger partial charge is 0.309 e. The van der Waals surface area contributed by atoms with E-state index < -0.39 is 0 Å². The van der Waals surface area contributed by atoms with Gasteiger partial charge >= 0.3 is 0 Å². The molecule has 2 aromatic rings. The lowest BCUT2D eigenvalue weighted by atomic mass is 10.2. The topological polar surface area (TPSA) is 30.7 Å². The quantitative estimate of drug-likeness (QED) is 0.805. The summed E-state index contributed by atoms with van der Waals surface area (Å²) in [6.45, 7) is 0. The van der Waals surface area contributed by atoms with Gasteiger partial charge in [-0.05, 0) is 30.5 Å². The maximum Gasteiger partial charge on any atom is 0.191 e. The summed E-state index contributed by atoms with van der Waals surface area (Å²) in [4.78, 5) is 0. The van der Waals surface area contributed by atoms with Gasteiger partial charge in [0.25, 0.3) is 0 Å². The number of rotatable bonds is 4. The van der Waals surface area contributed by atoms with E-state index in [1.54, 1.807) is 17.8 Å². The van der Waals surface area contributed by atoms with E-state index in [9.17, 15) is 4.39 Å². The third kappa shape index (κ3) is 2.77. The molecule has 1 saturated carbocycles. The highest BCUT2D eigenvalue weighted by Crippen LogP contribution is 2.39. The third-order valence-electron chi connectivity index (χ3n) is 3.18. The van der Waals surface area contributed by atoms with Crippen LogP contribution in [0.2, 0.25) is 5.02 Å². The van der Waals surface area contributed by atoms with Gasteiger partial charge in [-0.15, -0.1) is 10.2 Å². The molecular weight excluding hydrogens is 285 g/mol. The first-order valence-electron chi connectivity index (χ1n) is 6.11. The van der Waals surface area contributed by atoms with E-state index >= 15 is 0 Å². The van der Waals surface area contributed by atoms with Crippen molar-refractivity contribution in [3.63, 3.8) is 0 Å². The van der Waals surface area contributed by atoms with Crippen LogP contribution in [0, 0.1) is 5.82 Å². The summed E-state index contributed by atoms with van der Waals surface area (Å²) in [6, 6.07) is 4.47. The second kappa shape index (κ2) is 5.13. The van der Waals surface area contributed by atoms with Crippen LogP contribution < -0.4 is 0 Å². The van der Waals surface area contributed by atoms with Gasteiger partial charge in [-0.25, -0.2) is 4.39 Å². The van der Waals surface area contributed by atoms with Crippen LogP contribution in [0.4, 0.5) is 4.39 Å². The Morgan fingerprint density at radius 3 is 2.89 bits per heavy atom. The highest BCUT2D eigenvalue weighted by atomic mass is 35.5. The fraction of sp³-hybridized carbons (Fsp3) is 0.385. The second-order valence-corrected chi connectivity index (χ2v) is 6.05. The summed E-state index contributed by atoms with van der Waals surface area (Å²) in [7, 11) is 1.99. The molecule has 1 aliphatic rings. The molecule has 1 fully saturated rings. The van der Waals surface area contributed by atoms with Gasteiger partial charge in [-0.1, -0.05) is 29.4 Å². The predicted octanol–water partition coefficient (Wildman–Crippen LogP) is 3.78. The Morgan fingerprint density at radius 1 is 1.42 bits per heavy atom. The van der Waals surface area contributed by atoms with Gasteiger partial charge < -0.3 is 4.57 Å². The van der Waals surface area contributed by atoms with E-state index in [1.165, 1.54) is 25.0 Å².